The summed E-state index contributed by atoms with van der Waals surface area (Å²) in [7, 11) is 0. The van der Waals surface area contributed by atoms with E-state index in [1.54, 1.807) is 19.1 Å². The molecule has 0 bridgehead atoms. The second-order valence-electron chi connectivity index (χ2n) is 9.83. The van der Waals surface area contributed by atoms with Crippen LogP contribution in [-0.2, 0) is 4.79 Å². The molecular weight excluding hydrogens is 524 g/mol. The van der Waals surface area contributed by atoms with Crippen LogP contribution in [0.25, 0.3) is 5.69 Å². The number of amides is 1. The zero-order valence-electron chi connectivity index (χ0n) is 20.8. The minimum Gasteiger partial charge on any atom is -0.481 e. The molecule has 8 nitrogen and oxygen atoms in total. The Balaban J connectivity index is 1.98. The maximum Gasteiger partial charge on any atom is 0.305 e. The molecule has 1 heterocycles. The number of carboxylic acids is 1. The lowest BCUT2D eigenvalue weighted by Crippen LogP contribution is -2.45. The molecule has 0 aliphatic heterocycles. The summed E-state index contributed by atoms with van der Waals surface area (Å²) < 4.78 is 21.6. The topological polar surface area (TPSA) is 114 Å². The molecule has 1 amide bonds. The lowest BCUT2D eigenvalue weighted by Gasteiger charge is -2.36. The fraction of sp³-hybridized carbons (Fsp3) is 0.346. The Hall–Kier alpha value is -3.14. The molecule has 0 radical (unpaired) electrons. The van der Waals surface area contributed by atoms with Crippen LogP contribution < -0.4 is 10.1 Å². The van der Waals surface area contributed by atoms with Gasteiger partial charge in [0, 0.05) is 16.1 Å². The number of hydrogen-bond acceptors (Lipinski definition) is 5. The predicted molar refractivity (Wildman–Crippen MR) is 138 cm³/mol. The van der Waals surface area contributed by atoms with Crippen molar-refractivity contribution >= 4 is 35.1 Å². The quantitative estimate of drug-likeness (QED) is 0.326. The second-order valence-corrected chi connectivity index (χ2v) is 10.7. The SMILES string of the molecule is CC(C)(C)C(C)(O)COc1cc(C(=O)NC(CC(=O)O)c2cc(Cl)ccc2Cl)nn1-c1ccccc1F. The number of carbonyl (C=O) groups excluding carboxylic acids is 1. The molecule has 3 N–H and O–H groups in total. The van der Waals surface area contributed by atoms with Crippen molar-refractivity contribution < 1.29 is 28.9 Å². The van der Waals surface area contributed by atoms with Crippen molar-refractivity contribution in [1.82, 2.24) is 15.1 Å². The number of benzene rings is 2. The number of para-hydroxylation sites is 1. The highest BCUT2D eigenvalue weighted by atomic mass is 35.5. The Morgan fingerprint density at radius 3 is 2.43 bits per heavy atom. The van der Waals surface area contributed by atoms with E-state index in [1.807, 2.05) is 20.8 Å². The Morgan fingerprint density at radius 2 is 1.81 bits per heavy atom. The number of aliphatic carboxylic acids is 1. The molecule has 0 spiro atoms. The van der Waals surface area contributed by atoms with Gasteiger partial charge in [-0.05, 0) is 48.2 Å². The summed E-state index contributed by atoms with van der Waals surface area (Å²) in [5.41, 5.74) is -1.64. The molecule has 2 atom stereocenters. The zero-order chi connectivity index (χ0) is 27.5. The van der Waals surface area contributed by atoms with E-state index in [0.717, 1.165) is 4.68 Å². The number of halogens is 3. The first kappa shape index (κ1) is 28.4. The van der Waals surface area contributed by atoms with Gasteiger partial charge in [0.1, 0.15) is 23.7 Å². The van der Waals surface area contributed by atoms with Crippen molar-refractivity contribution in [2.45, 2.75) is 45.8 Å². The van der Waals surface area contributed by atoms with Gasteiger partial charge < -0.3 is 20.3 Å². The fourth-order valence-corrected chi connectivity index (χ4v) is 3.66. The molecule has 2 unspecified atom stereocenters. The van der Waals surface area contributed by atoms with Crippen LogP contribution in [0.2, 0.25) is 10.0 Å². The molecule has 0 aliphatic carbocycles. The van der Waals surface area contributed by atoms with Gasteiger partial charge in [0.25, 0.3) is 5.91 Å². The summed E-state index contributed by atoms with van der Waals surface area (Å²) in [6.07, 6.45) is -0.475. The van der Waals surface area contributed by atoms with Crippen LogP contribution in [-0.4, -0.2) is 44.1 Å². The number of aliphatic hydroxyl groups is 1. The average molecular weight is 552 g/mol. The Morgan fingerprint density at radius 1 is 1.14 bits per heavy atom. The van der Waals surface area contributed by atoms with Crippen molar-refractivity contribution in [3.63, 3.8) is 0 Å². The Bertz CT molecular complexity index is 1300. The van der Waals surface area contributed by atoms with Crippen LogP contribution in [0, 0.1) is 11.2 Å². The molecule has 0 fully saturated rings. The van der Waals surface area contributed by atoms with Crippen molar-refractivity contribution in [1.29, 1.82) is 0 Å². The Kier molecular flexibility index (Phi) is 8.52. The number of rotatable bonds is 9. The van der Waals surface area contributed by atoms with Gasteiger partial charge in [0.15, 0.2) is 5.69 Å². The average Bonchev–Trinajstić information content (AvgIpc) is 3.22. The van der Waals surface area contributed by atoms with Gasteiger partial charge in [-0.3, -0.25) is 9.59 Å². The third-order valence-electron chi connectivity index (χ3n) is 6.12. The number of nitrogens with zero attached hydrogens (tertiary/aromatic N) is 2. The lowest BCUT2D eigenvalue weighted by atomic mass is 9.78. The number of carbonyl (C=O) groups is 2. The summed E-state index contributed by atoms with van der Waals surface area (Å²) >= 11 is 12.3. The van der Waals surface area contributed by atoms with E-state index in [9.17, 15) is 24.2 Å². The molecule has 0 aliphatic rings. The monoisotopic (exact) mass is 551 g/mol. The summed E-state index contributed by atoms with van der Waals surface area (Å²) in [4.78, 5) is 24.7. The van der Waals surface area contributed by atoms with Crippen LogP contribution >= 0.6 is 23.2 Å². The molecule has 0 saturated heterocycles. The van der Waals surface area contributed by atoms with Crippen molar-refractivity contribution in [2.75, 3.05) is 6.61 Å². The van der Waals surface area contributed by atoms with E-state index < -0.39 is 41.2 Å². The molecular formula is C26H28Cl2FN3O5. The van der Waals surface area contributed by atoms with Crippen molar-refractivity contribution in [3.05, 3.63) is 75.7 Å². The standard InChI is InChI=1S/C26H28Cl2FN3O5/c1-25(2,3)26(4,36)14-37-22-12-20(31-32(22)21-8-6-5-7-18(21)29)24(35)30-19(13-23(33)34)16-11-15(27)9-10-17(16)28/h5-12,19,36H,13-14H2,1-4H3,(H,30,35)(H,33,34). The summed E-state index contributed by atoms with van der Waals surface area (Å²) in [5, 5.41) is 27.6. The van der Waals surface area contributed by atoms with E-state index in [2.05, 4.69) is 10.4 Å². The first-order valence-electron chi connectivity index (χ1n) is 11.4. The fourth-order valence-electron chi connectivity index (χ4n) is 3.23. The van der Waals surface area contributed by atoms with E-state index in [1.165, 1.54) is 36.4 Å². The highest BCUT2D eigenvalue weighted by Gasteiger charge is 2.36. The molecule has 11 heteroatoms. The molecule has 3 aromatic rings. The number of ether oxygens (including phenoxy) is 1. The van der Waals surface area contributed by atoms with Gasteiger partial charge in [-0.25, -0.2) is 4.39 Å². The zero-order valence-corrected chi connectivity index (χ0v) is 22.3. The van der Waals surface area contributed by atoms with Crippen molar-refractivity contribution in [3.8, 4) is 11.6 Å². The molecule has 0 saturated carbocycles. The summed E-state index contributed by atoms with van der Waals surface area (Å²) in [6.45, 7) is 6.96. The number of aromatic nitrogens is 2. The summed E-state index contributed by atoms with van der Waals surface area (Å²) in [5.74, 6) is -2.52. The maximum absolute atomic E-state index is 14.6. The first-order chi connectivity index (χ1) is 17.2. The van der Waals surface area contributed by atoms with Gasteiger partial charge in [0.05, 0.1) is 12.5 Å². The largest absolute Gasteiger partial charge is 0.481 e. The van der Waals surface area contributed by atoms with E-state index in [0.29, 0.717) is 10.6 Å². The third kappa shape index (κ3) is 6.80. The van der Waals surface area contributed by atoms with Gasteiger partial charge in [-0.15, -0.1) is 0 Å². The highest BCUT2D eigenvalue weighted by molar-refractivity contribution is 6.33. The van der Waals surface area contributed by atoms with Crippen LogP contribution in [0.3, 0.4) is 0 Å². The normalized spacial score (nSPS) is 14.1. The van der Waals surface area contributed by atoms with Crippen LogP contribution in [0.15, 0.2) is 48.5 Å². The second kappa shape index (κ2) is 11.1. The number of hydrogen-bond donors (Lipinski definition) is 3. The molecule has 2 aromatic carbocycles. The minimum absolute atomic E-state index is 0.00958. The molecule has 3 rings (SSSR count). The van der Waals surface area contributed by atoms with Gasteiger partial charge in [-0.1, -0.05) is 56.1 Å². The van der Waals surface area contributed by atoms with E-state index in [4.69, 9.17) is 27.9 Å². The van der Waals surface area contributed by atoms with Crippen LogP contribution in [0.5, 0.6) is 5.88 Å². The van der Waals surface area contributed by atoms with E-state index >= 15 is 0 Å². The van der Waals surface area contributed by atoms with E-state index in [-0.39, 0.29) is 28.9 Å². The highest BCUT2D eigenvalue weighted by Crippen LogP contribution is 2.32. The molecule has 198 valence electrons. The van der Waals surface area contributed by atoms with Gasteiger partial charge in [-0.2, -0.15) is 9.78 Å². The predicted octanol–water partition coefficient (Wildman–Crippen LogP) is 5.44. The summed E-state index contributed by atoms with van der Waals surface area (Å²) in [6, 6.07) is 10.6. The lowest BCUT2D eigenvalue weighted by molar-refractivity contribution is -0.137. The Labute approximate surface area is 224 Å². The van der Waals surface area contributed by atoms with Gasteiger partial charge in [0.2, 0.25) is 5.88 Å². The smallest absolute Gasteiger partial charge is 0.305 e. The van der Waals surface area contributed by atoms with Gasteiger partial charge >= 0.3 is 5.97 Å². The van der Waals surface area contributed by atoms with Crippen LogP contribution in [0.1, 0.15) is 56.2 Å². The van der Waals surface area contributed by atoms with Crippen LogP contribution in [0.4, 0.5) is 4.39 Å². The number of nitrogens with one attached hydrogen (secondary N) is 1. The molecule has 1 aromatic heterocycles. The first-order valence-corrected chi connectivity index (χ1v) is 12.1. The number of carboxylic acid groups (broad SMARTS) is 1. The molecule has 37 heavy (non-hydrogen) atoms. The van der Waals surface area contributed by atoms with Crippen molar-refractivity contribution in [2.24, 2.45) is 5.41 Å². The third-order valence-corrected chi connectivity index (χ3v) is 6.70. The maximum atomic E-state index is 14.6. The minimum atomic E-state index is -1.27.